The minimum absolute atomic E-state index is 0.347. The predicted octanol–water partition coefficient (Wildman–Crippen LogP) is 1.82. The van der Waals surface area contributed by atoms with Crippen LogP contribution in [0.1, 0.15) is 33.2 Å². The Bertz CT molecular complexity index is 409. The van der Waals surface area contributed by atoms with Gasteiger partial charge in [0.05, 0.1) is 25.3 Å². The smallest absolute Gasteiger partial charge is 0.338 e. The maximum absolute atomic E-state index is 11.5. The lowest BCUT2D eigenvalue weighted by atomic mass is 10.0. The molecule has 0 amide bonds. The molecule has 1 aromatic carbocycles. The molecule has 0 heterocycles. The standard InChI is InChI=1S/C12H14O4/c1-4-8-5-6-9(11(13)15-2)7-10(8)12(14)16-3/h5-7H,4H2,1-3H3. The molecule has 0 fully saturated rings. The molecule has 1 aromatic rings. The van der Waals surface area contributed by atoms with Crippen molar-refractivity contribution in [3.63, 3.8) is 0 Å². The van der Waals surface area contributed by atoms with Crippen LogP contribution >= 0.6 is 0 Å². The Morgan fingerprint density at radius 1 is 1.12 bits per heavy atom. The van der Waals surface area contributed by atoms with Gasteiger partial charge in [0.1, 0.15) is 0 Å². The van der Waals surface area contributed by atoms with Gasteiger partial charge in [-0.25, -0.2) is 9.59 Å². The Kier molecular flexibility index (Phi) is 4.05. The van der Waals surface area contributed by atoms with Crippen molar-refractivity contribution in [3.05, 3.63) is 34.9 Å². The number of rotatable bonds is 3. The molecule has 1 rings (SSSR count). The summed E-state index contributed by atoms with van der Waals surface area (Å²) < 4.78 is 9.24. The van der Waals surface area contributed by atoms with E-state index in [4.69, 9.17) is 0 Å². The molecule has 0 saturated carbocycles. The first-order chi connectivity index (χ1) is 7.63. The summed E-state index contributed by atoms with van der Waals surface area (Å²) in [7, 11) is 2.61. The fourth-order valence-electron chi connectivity index (χ4n) is 1.43. The maximum atomic E-state index is 11.5. The summed E-state index contributed by atoms with van der Waals surface area (Å²) in [6.45, 7) is 1.93. The van der Waals surface area contributed by atoms with Crippen molar-refractivity contribution in [3.8, 4) is 0 Å². The third kappa shape index (κ3) is 2.39. The summed E-state index contributed by atoms with van der Waals surface area (Å²) in [6.07, 6.45) is 0.700. The third-order valence-corrected chi connectivity index (χ3v) is 2.32. The Morgan fingerprint density at radius 2 is 1.75 bits per heavy atom. The molecule has 0 aliphatic heterocycles. The van der Waals surface area contributed by atoms with Crippen molar-refractivity contribution in [2.45, 2.75) is 13.3 Å². The average molecular weight is 222 g/mol. The molecular weight excluding hydrogens is 208 g/mol. The zero-order valence-corrected chi connectivity index (χ0v) is 9.57. The van der Waals surface area contributed by atoms with E-state index >= 15 is 0 Å². The Morgan fingerprint density at radius 3 is 2.25 bits per heavy atom. The molecule has 0 unspecified atom stereocenters. The highest BCUT2D eigenvalue weighted by atomic mass is 16.5. The highest BCUT2D eigenvalue weighted by Crippen LogP contribution is 2.14. The summed E-state index contributed by atoms with van der Waals surface area (Å²) in [5.74, 6) is -0.907. The normalized spacial score (nSPS) is 9.69. The molecule has 0 aromatic heterocycles. The van der Waals surface area contributed by atoms with E-state index in [0.29, 0.717) is 17.5 Å². The second-order valence-electron chi connectivity index (χ2n) is 3.21. The number of hydrogen-bond donors (Lipinski definition) is 0. The van der Waals surface area contributed by atoms with Crippen molar-refractivity contribution < 1.29 is 19.1 Å². The van der Waals surface area contributed by atoms with Crippen LogP contribution in [0.4, 0.5) is 0 Å². The van der Waals surface area contributed by atoms with Gasteiger partial charge >= 0.3 is 11.9 Å². The van der Waals surface area contributed by atoms with Crippen LogP contribution in [0.2, 0.25) is 0 Å². The van der Waals surface area contributed by atoms with Crippen LogP contribution in [-0.2, 0) is 15.9 Å². The van der Waals surface area contributed by atoms with Gasteiger partial charge in [0, 0.05) is 0 Å². The molecule has 0 N–H and O–H groups in total. The molecule has 0 aliphatic rings. The molecule has 4 nitrogen and oxygen atoms in total. The van der Waals surface area contributed by atoms with Crippen molar-refractivity contribution in [1.82, 2.24) is 0 Å². The Labute approximate surface area is 94.2 Å². The van der Waals surface area contributed by atoms with E-state index in [1.165, 1.54) is 20.3 Å². The van der Waals surface area contributed by atoms with Gasteiger partial charge in [-0.15, -0.1) is 0 Å². The molecule has 0 saturated heterocycles. The van der Waals surface area contributed by atoms with Crippen molar-refractivity contribution in [1.29, 1.82) is 0 Å². The van der Waals surface area contributed by atoms with Gasteiger partial charge in [-0.1, -0.05) is 13.0 Å². The monoisotopic (exact) mass is 222 g/mol. The number of carbonyl (C=O) groups is 2. The highest BCUT2D eigenvalue weighted by Gasteiger charge is 2.14. The topological polar surface area (TPSA) is 52.6 Å². The van der Waals surface area contributed by atoms with Crippen LogP contribution in [0.5, 0.6) is 0 Å². The van der Waals surface area contributed by atoms with E-state index in [9.17, 15) is 9.59 Å². The van der Waals surface area contributed by atoms with Gasteiger partial charge in [0.2, 0.25) is 0 Å². The van der Waals surface area contributed by atoms with E-state index in [-0.39, 0.29) is 0 Å². The summed E-state index contributed by atoms with van der Waals surface area (Å²) in [4.78, 5) is 22.8. The fourth-order valence-corrected chi connectivity index (χ4v) is 1.43. The van der Waals surface area contributed by atoms with Gasteiger partial charge in [-0.05, 0) is 24.1 Å². The first-order valence-corrected chi connectivity index (χ1v) is 4.93. The number of aryl methyl sites for hydroxylation is 1. The van der Waals surface area contributed by atoms with Gasteiger partial charge in [0.15, 0.2) is 0 Å². The first-order valence-electron chi connectivity index (χ1n) is 4.93. The average Bonchev–Trinajstić information content (AvgIpc) is 2.35. The number of ether oxygens (including phenoxy) is 2. The number of esters is 2. The summed E-state index contributed by atoms with van der Waals surface area (Å²) >= 11 is 0. The quantitative estimate of drug-likeness (QED) is 0.732. The maximum Gasteiger partial charge on any atom is 0.338 e. The van der Waals surface area contributed by atoms with Gasteiger partial charge in [0.25, 0.3) is 0 Å². The van der Waals surface area contributed by atoms with Gasteiger partial charge < -0.3 is 9.47 Å². The molecule has 86 valence electrons. The van der Waals surface area contributed by atoms with E-state index in [1.54, 1.807) is 12.1 Å². The van der Waals surface area contributed by atoms with Crippen molar-refractivity contribution >= 4 is 11.9 Å². The van der Waals surface area contributed by atoms with Crippen LogP contribution in [0, 0.1) is 0 Å². The van der Waals surface area contributed by atoms with E-state index in [2.05, 4.69) is 9.47 Å². The van der Waals surface area contributed by atoms with Crippen molar-refractivity contribution in [2.24, 2.45) is 0 Å². The molecular formula is C12H14O4. The van der Waals surface area contributed by atoms with Crippen LogP contribution in [0.25, 0.3) is 0 Å². The van der Waals surface area contributed by atoms with Crippen LogP contribution in [0.3, 0.4) is 0 Å². The lowest BCUT2D eigenvalue weighted by Crippen LogP contribution is -2.09. The SMILES string of the molecule is CCc1ccc(C(=O)OC)cc1C(=O)OC. The minimum atomic E-state index is -0.465. The largest absolute Gasteiger partial charge is 0.465 e. The molecule has 16 heavy (non-hydrogen) atoms. The number of hydrogen-bond acceptors (Lipinski definition) is 4. The minimum Gasteiger partial charge on any atom is -0.465 e. The molecule has 4 heteroatoms. The summed E-state index contributed by atoms with van der Waals surface area (Å²) in [5.41, 5.74) is 1.60. The summed E-state index contributed by atoms with van der Waals surface area (Å²) in [5, 5.41) is 0. The lowest BCUT2D eigenvalue weighted by molar-refractivity contribution is 0.0598. The van der Waals surface area contributed by atoms with Gasteiger partial charge in [-0.3, -0.25) is 0 Å². The zero-order chi connectivity index (χ0) is 12.1. The molecule has 0 spiro atoms. The molecule has 0 atom stereocenters. The number of methoxy groups -OCH3 is 2. The van der Waals surface area contributed by atoms with E-state index < -0.39 is 11.9 Å². The third-order valence-electron chi connectivity index (χ3n) is 2.32. The lowest BCUT2D eigenvalue weighted by Gasteiger charge is -2.07. The van der Waals surface area contributed by atoms with Gasteiger partial charge in [-0.2, -0.15) is 0 Å². The van der Waals surface area contributed by atoms with Crippen LogP contribution in [0.15, 0.2) is 18.2 Å². The predicted molar refractivity (Wildman–Crippen MR) is 58.5 cm³/mol. The second kappa shape index (κ2) is 5.30. The van der Waals surface area contributed by atoms with Crippen LogP contribution < -0.4 is 0 Å². The van der Waals surface area contributed by atoms with E-state index in [1.807, 2.05) is 6.92 Å². The summed E-state index contributed by atoms with van der Waals surface area (Å²) in [6, 6.07) is 4.87. The second-order valence-corrected chi connectivity index (χ2v) is 3.21. The zero-order valence-electron chi connectivity index (χ0n) is 9.57. The Hall–Kier alpha value is -1.84. The highest BCUT2D eigenvalue weighted by molar-refractivity contribution is 5.96. The fraction of sp³-hybridized carbons (Fsp3) is 0.333. The number of carbonyl (C=O) groups excluding carboxylic acids is 2. The molecule has 0 radical (unpaired) electrons. The first kappa shape index (κ1) is 12.2. The number of benzene rings is 1. The van der Waals surface area contributed by atoms with Crippen LogP contribution in [-0.4, -0.2) is 26.2 Å². The Balaban J connectivity index is 3.21. The van der Waals surface area contributed by atoms with Crippen molar-refractivity contribution in [2.75, 3.05) is 14.2 Å². The molecule has 0 bridgehead atoms. The molecule has 0 aliphatic carbocycles. The van der Waals surface area contributed by atoms with E-state index in [0.717, 1.165) is 5.56 Å².